The summed E-state index contributed by atoms with van der Waals surface area (Å²) in [6, 6.07) is -0.0701. The summed E-state index contributed by atoms with van der Waals surface area (Å²) in [5.74, 6) is 1.23. The van der Waals surface area contributed by atoms with Gasteiger partial charge >= 0.3 is 0 Å². The monoisotopic (exact) mass is 280 g/mol. The number of piperazine rings is 1. The molecule has 0 aromatic carbocycles. The summed E-state index contributed by atoms with van der Waals surface area (Å²) in [7, 11) is 0. The minimum absolute atomic E-state index is 0.0169. The van der Waals surface area contributed by atoms with E-state index in [1.165, 1.54) is 0 Å². The number of hydrogen-bond acceptors (Lipinski definition) is 2. The Morgan fingerprint density at radius 2 is 1.90 bits per heavy atom. The van der Waals surface area contributed by atoms with Crippen molar-refractivity contribution in [3.63, 3.8) is 0 Å². The molecule has 20 heavy (non-hydrogen) atoms. The second kappa shape index (κ2) is 5.38. The Morgan fingerprint density at radius 1 is 1.25 bits per heavy atom. The Balaban J connectivity index is 2.35. The van der Waals surface area contributed by atoms with Gasteiger partial charge in [0.1, 0.15) is 11.6 Å². The van der Waals surface area contributed by atoms with E-state index in [1.54, 1.807) is 0 Å². The maximum atomic E-state index is 12.9. The molecule has 0 bridgehead atoms. The first kappa shape index (κ1) is 15.3. The quantitative estimate of drug-likeness (QED) is 0.862. The molecule has 5 atom stereocenters. The maximum absolute atomic E-state index is 12.9. The summed E-state index contributed by atoms with van der Waals surface area (Å²) < 4.78 is 0. The predicted octanol–water partition coefficient (Wildman–Crippen LogP) is 2.33. The van der Waals surface area contributed by atoms with Crippen LogP contribution in [0.3, 0.4) is 0 Å². The molecule has 0 radical (unpaired) electrons. The highest BCUT2D eigenvalue weighted by Crippen LogP contribution is 2.38. The van der Waals surface area contributed by atoms with Gasteiger partial charge in [0, 0.05) is 6.04 Å². The molecular weight excluding hydrogens is 252 g/mol. The normalized spacial score (nSPS) is 42.0. The molecule has 4 heteroatoms. The van der Waals surface area contributed by atoms with Gasteiger partial charge in [-0.1, -0.05) is 27.7 Å². The van der Waals surface area contributed by atoms with E-state index >= 15 is 0 Å². The van der Waals surface area contributed by atoms with Crippen molar-refractivity contribution in [3.8, 4) is 0 Å². The van der Waals surface area contributed by atoms with E-state index in [4.69, 9.17) is 0 Å². The lowest BCUT2D eigenvalue weighted by atomic mass is 9.87. The zero-order valence-electron chi connectivity index (χ0n) is 13.4. The van der Waals surface area contributed by atoms with E-state index in [9.17, 15) is 9.59 Å². The molecule has 0 aromatic rings. The van der Waals surface area contributed by atoms with Gasteiger partial charge in [-0.05, 0) is 44.4 Å². The first-order chi connectivity index (χ1) is 9.35. The highest BCUT2D eigenvalue weighted by atomic mass is 16.2. The smallest absolute Gasteiger partial charge is 0.248 e. The van der Waals surface area contributed by atoms with Gasteiger partial charge < -0.3 is 10.2 Å². The lowest BCUT2D eigenvalue weighted by Gasteiger charge is -2.47. The number of rotatable bonds is 3. The molecule has 1 aliphatic heterocycles. The first-order valence-electron chi connectivity index (χ1n) is 8.00. The highest BCUT2D eigenvalue weighted by molar-refractivity contribution is 5.99. The van der Waals surface area contributed by atoms with Crippen LogP contribution in [-0.2, 0) is 9.59 Å². The number of nitrogens with one attached hydrogen (secondary N) is 1. The first-order valence-corrected chi connectivity index (χ1v) is 8.00. The third-order valence-electron chi connectivity index (χ3n) is 5.62. The van der Waals surface area contributed by atoms with Crippen LogP contribution in [0.2, 0.25) is 0 Å². The average molecular weight is 280 g/mol. The van der Waals surface area contributed by atoms with Crippen LogP contribution in [0.25, 0.3) is 0 Å². The minimum Gasteiger partial charge on any atom is -0.340 e. The van der Waals surface area contributed by atoms with Gasteiger partial charge in [0.15, 0.2) is 0 Å². The third kappa shape index (κ3) is 2.23. The topological polar surface area (TPSA) is 49.4 Å². The average Bonchev–Trinajstić information content (AvgIpc) is 2.74. The van der Waals surface area contributed by atoms with Crippen molar-refractivity contribution < 1.29 is 9.59 Å². The van der Waals surface area contributed by atoms with Crippen molar-refractivity contribution in [2.24, 2.45) is 11.8 Å². The van der Waals surface area contributed by atoms with E-state index in [0.717, 1.165) is 12.8 Å². The van der Waals surface area contributed by atoms with Gasteiger partial charge in [-0.2, -0.15) is 0 Å². The standard InChI is InChI=1S/C16H28N2O2/c1-6-12-14(19)17-16(5,7-2)15(20)18(12)13-9-8-10(3)11(13)4/h10-13H,6-9H2,1-5H3,(H,17,19). The van der Waals surface area contributed by atoms with Gasteiger partial charge in [-0.3, -0.25) is 9.59 Å². The van der Waals surface area contributed by atoms with E-state index in [0.29, 0.717) is 24.7 Å². The van der Waals surface area contributed by atoms with E-state index in [2.05, 4.69) is 19.2 Å². The highest BCUT2D eigenvalue weighted by Gasteiger charge is 2.50. The molecule has 2 rings (SSSR count). The van der Waals surface area contributed by atoms with Crippen molar-refractivity contribution in [2.75, 3.05) is 0 Å². The summed E-state index contributed by atoms with van der Waals surface area (Å²) in [5.41, 5.74) is -0.728. The van der Waals surface area contributed by atoms with Gasteiger partial charge in [0.05, 0.1) is 0 Å². The summed E-state index contributed by atoms with van der Waals surface area (Å²) in [5, 5.41) is 2.94. The van der Waals surface area contributed by atoms with Crippen molar-refractivity contribution in [1.29, 1.82) is 0 Å². The fraction of sp³-hybridized carbons (Fsp3) is 0.875. The molecule has 0 spiro atoms. The molecule has 2 fully saturated rings. The molecule has 114 valence electrons. The van der Waals surface area contributed by atoms with Crippen LogP contribution in [0.4, 0.5) is 0 Å². The molecule has 1 saturated heterocycles. The Hall–Kier alpha value is -1.06. The third-order valence-corrected chi connectivity index (χ3v) is 5.62. The molecule has 2 amide bonds. The van der Waals surface area contributed by atoms with Crippen LogP contribution in [0.5, 0.6) is 0 Å². The van der Waals surface area contributed by atoms with Crippen LogP contribution in [-0.4, -0.2) is 34.3 Å². The molecule has 1 aliphatic carbocycles. The summed E-state index contributed by atoms with van der Waals surface area (Å²) >= 11 is 0. The number of hydrogen-bond donors (Lipinski definition) is 1. The van der Waals surface area contributed by atoms with Crippen LogP contribution in [0, 0.1) is 11.8 Å². The van der Waals surface area contributed by atoms with Crippen LogP contribution >= 0.6 is 0 Å². The second-order valence-corrected chi connectivity index (χ2v) is 6.79. The summed E-state index contributed by atoms with van der Waals surface area (Å²) in [6.45, 7) is 10.3. The lowest BCUT2D eigenvalue weighted by Crippen LogP contribution is -2.71. The Morgan fingerprint density at radius 3 is 2.35 bits per heavy atom. The fourth-order valence-corrected chi connectivity index (χ4v) is 3.70. The molecule has 1 saturated carbocycles. The summed E-state index contributed by atoms with van der Waals surface area (Å²) in [6.07, 6.45) is 3.50. The number of carbonyl (C=O) groups is 2. The van der Waals surface area contributed by atoms with Crippen LogP contribution in [0.1, 0.15) is 60.3 Å². The molecule has 5 unspecified atom stereocenters. The number of nitrogens with zero attached hydrogens (tertiary/aromatic N) is 1. The maximum Gasteiger partial charge on any atom is 0.248 e. The van der Waals surface area contributed by atoms with E-state index in [-0.39, 0.29) is 23.9 Å². The number of carbonyl (C=O) groups excluding carboxylic acids is 2. The molecule has 1 heterocycles. The molecular formula is C16H28N2O2. The zero-order chi connectivity index (χ0) is 15.1. The Bertz CT molecular complexity index is 409. The number of amides is 2. The molecule has 0 aromatic heterocycles. The van der Waals surface area contributed by atoms with E-state index < -0.39 is 5.54 Å². The Kier molecular flexibility index (Phi) is 4.12. The van der Waals surface area contributed by atoms with Gasteiger partial charge in [-0.15, -0.1) is 0 Å². The van der Waals surface area contributed by atoms with Gasteiger partial charge in [0.2, 0.25) is 11.8 Å². The van der Waals surface area contributed by atoms with Crippen molar-refractivity contribution in [1.82, 2.24) is 10.2 Å². The SMILES string of the molecule is CCC1C(=O)NC(C)(CC)C(=O)N1C1CCC(C)C1C. The van der Waals surface area contributed by atoms with Gasteiger partial charge in [-0.25, -0.2) is 0 Å². The minimum atomic E-state index is -0.728. The summed E-state index contributed by atoms with van der Waals surface area (Å²) in [4.78, 5) is 27.3. The van der Waals surface area contributed by atoms with Gasteiger partial charge in [0.25, 0.3) is 0 Å². The van der Waals surface area contributed by atoms with Crippen molar-refractivity contribution in [2.45, 2.75) is 77.9 Å². The fourth-order valence-electron chi connectivity index (χ4n) is 3.70. The Labute approximate surface area is 122 Å². The predicted molar refractivity (Wildman–Crippen MR) is 79.1 cm³/mol. The lowest BCUT2D eigenvalue weighted by molar-refractivity contribution is -0.158. The zero-order valence-corrected chi connectivity index (χ0v) is 13.4. The van der Waals surface area contributed by atoms with Crippen molar-refractivity contribution in [3.05, 3.63) is 0 Å². The van der Waals surface area contributed by atoms with E-state index in [1.807, 2.05) is 25.7 Å². The molecule has 1 N–H and O–H groups in total. The molecule has 2 aliphatic rings. The largest absolute Gasteiger partial charge is 0.340 e. The van der Waals surface area contributed by atoms with Crippen LogP contribution in [0.15, 0.2) is 0 Å². The van der Waals surface area contributed by atoms with Crippen LogP contribution < -0.4 is 5.32 Å². The second-order valence-electron chi connectivity index (χ2n) is 6.79. The van der Waals surface area contributed by atoms with Crippen molar-refractivity contribution >= 4 is 11.8 Å². The molecule has 4 nitrogen and oxygen atoms in total.